The van der Waals surface area contributed by atoms with Gasteiger partial charge in [-0.05, 0) is 62.1 Å². The summed E-state index contributed by atoms with van der Waals surface area (Å²) in [6.07, 6.45) is 3.14. The van der Waals surface area contributed by atoms with Crippen molar-refractivity contribution in [3.63, 3.8) is 0 Å². The normalized spacial score (nSPS) is 12.4. The molecule has 3 heteroatoms. The summed E-state index contributed by atoms with van der Waals surface area (Å²) in [6, 6.07) is 14.9. The van der Waals surface area contributed by atoms with Crippen LogP contribution in [0.15, 0.2) is 42.5 Å². The van der Waals surface area contributed by atoms with Crippen molar-refractivity contribution >= 4 is 23.2 Å². The first kappa shape index (κ1) is 16.4. The second-order valence-corrected chi connectivity index (χ2v) is 6.22. The second kappa shape index (κ2) is 7.84. The molecule has 0 amide bonds. The van der Waals surface area contributed by atoms with Gasteiger partial charge in [0, 0.05) is 6.04 Å². The third-order valence-electron chi connectivity index (χ3n) is 3.90. The number of hydrogen-bond donors (Lipinski definition) is 1. The molecule has 1 N–H and O–H groups in total. The molecule has 0 aromatic heterocycles. The maximum Gasteiger partial charge on any atom is 0.0595 e. The van der Waals surface area contributed by atoms with Crippen LogP contribution in [0.3, 0.4) is 0 Å². The van der Waals surface area contributed by atoms with E-state index in [2.05, 4.69) is 36.5 Å². The number of likely N-dealkylation sites (N-methyl/N-ethyl adjacent to an activating group) is 1. The van der Waals surface area contributed by atoms with E-state index >= 15 is 0 Å². The van der Waals surface area contributed by atoms with Crippen LogP contribution >= 0.6 is 23.2 Å². The number of rotatable bonds is 6. The van der Waals surface area contributed by atoms with Crippen molar-refractivity contribution < 1.29 is 0 Å². The molecule has 0 saturated heterocycles. The topological polar surface area (TPSA) is 12.0 Å². The number of nitrogens with one attached hydrogen (secondary N) is 1. The molecule has 0 aliphatic heterocycles. The Kier molecular flexibility index (Phi) is 6.10. The van der Waals surface area contributed by atoms with Crippen molar-refractivity contribution in [1.82, 2.24) is 5.32 Å². The maximum atomic E-state index is 6.08. The average molecular weight is 322 g/mol. The van der Waals surface area contributed by atoms with Crippen molar-refractivity contribution in [2.45, 2.75) is 32.2 Å². The van der Waals surface area contributed by atoms with Crippen molar-refractivity contribution in [3.05, 3.63) is 69.2 Å². The Hall–Kier alpha value is -1.02. The zero-order chi connectivity index (χ0) is 15.2. The molecule has 0 radical (unpaired) electrons. The van der Waals surface area contributed by atoms with Crippen molar-refractivity contribution in [2.24, 2.45) is 0 Å². The van der Waals surface area contributed by atoms with E-state index in [1.54, 1.807) is 0 Å². The lowest BCUT2D eigenvalue weighted by atomic mass is 9.97. The highest BCUT2D eigenvalue weighted by Crippen LogP contribution is 2.23. The van der Waals surface area contributed by atoms with Crippen LogP contribution in [-0.4, -0.2) is 13.1 Å². The lowest BCUT2D eigenvalue weighted by Gasteiger charge is -2.17. The van der Waals surface area contributed by atoms with E-state index in [9.17, 15) is 0 Å². The molecule has 0 saturated carbocycles. The fourth-order valence-corrected chi connectivity index (χ4v) is 2.84. The van der Waals surface area contributed by atoms with E-state index in [1.807, 2.05) is 25.2 Å². The van der Waals surface area contributed by atoms with Gasteiger partial charge in [-0.15, -0.1) is 0 Å². The lowest BCUT2D eigenvalue weighted by Crippen LogP contribution is -2.28. The number of benzene rings is 2. The van der Waals surface area contributed by atoms with Gasteiger partial charge in [0.25, 0.3) is 0 Å². The molecule has 0 heterocycles. The molecule has 2 aromatic carbocycles. The van der Waals surface area contributed by atoms with E-state index in [0.29, 0.717) is 16.1 Å². The Labute approximate surface area is 137 Å². The van der Waals surface area contributed by atoms with Gasteiger partial charge in [0.05, 0.1) is 10.0 Å². The van der Waals surface area contributed by atoms with Crippen LogP contribution < -0.4 is 5.32 Å². The lowest BCUT2D eigenvalue weighted by molar-refractivity contribution is 0.519. The summed E-state index contributed by atoms with van der Waals surface area (Å²) < 4.78 is 0. The molecule has 0 fully saturated rings. The average Bonchev–Trinajstić information content (AvgIpc) is 2.48. The summed E-state index contributed by atoms with van der Waals surface area (Å²) in [6.45, 7) is 2.17. The van der Waals surface area contributed by atoms with Gasteiger partial charge in [-0.2, -0.15) is 0 Å². The van der Waals surface area contributed by atoms with E-state index in [1.165, 1.54) is 16.7 Å². The van der Waals surface area contributed by atoms with E-state index in [4.69, 9.17) is 23.2 Å². The highest BCUT2D eigenvalue weighted by molar-refractivity contribution is 6.42. The van der Waals surface area contributed by atoms with Gasteiger partial charge in [0.2, 0.25) is 0 Å². The highest BCUT2D eigenvalue weighted by atomic mass is 35.5. The minimum Gasteiger partial charge on any atom is -0.317 e. The third kappa shape index (κ3) is 4.74. The fourth-order valence-electron chi connectivity index (χ4n) is 2.52. The van der Waals surface area contributed by atoms with E-state index in [0.717, 1.165) is 19.3 Å². The Morgan fingerprint density at radius 1 is 1.05 bits per heavy atom. The van der Waals surface area contributed by atoms with Crippen LogP contribution in [0.25, 0.3) is 0 Å². The van der Waals surface area contributed by atoms with Gasteiger partial charge in [0.15, 0.2) is 0 Å². The van der Waals surface area contributed by atoms with E-state index < -0.39 is 0 Å². The van der Waals surface area contributed by atoms with Crippen LogP contribution in [0.2, 0.25) is 10.0 Å². The maximum absolute atomic E-state index is 6.08. The molecule has 2 aromatic rings. The summed E-state index contributed by atoms with van der Waals surface area (Å²) >= 11 is 12.0. The van der Waals surface area contributed by atoms with Crippen LogP contribution in [0.5, 0.6) is 0 Å². The molecule has 1 unspecified atom stereocenters. The standard InChI is InChI=1S/C18H21Cl2N/c1-13-5-3-4-6-15(13)8-9-16(21-2)11-14-7-10-17(19)18(20)12-14/h3-7,10,12,16,21H,8-9,11H2,1-2H3. The van der Waals surface area contributed by atoms with Crippen molar-refractivity contribution in [1.29, 1.82) is 0 Å². The first-order valence-corrected chi connectivity index (χ1v) is 8.01. The third-order valence-corrected chi connectivity index (χ3v) is 4.64. The number of halogens is 2. The fraction of sp³-hybridized carbons (Fsp3) is 0.333. The van der Waals surface area contributed by atoms with Crippen LogP contribution in [0.1, 0.15) is 23.1 Å². The minimum atomic E-state index is 0.432. The van der Waals surface area contributed by atoms with Gasteiger partial charge < -0.3 is 5.32 Å². The smallest absolute Gasteiger partial charge is 0.0595 e. The Morgan fingerprint density at radius 3 is 2.48 bits per heavy atom. The summed E-state index contributed by atoms with van der Waals surface area (Å²) in [5.74, 6) is 0. The van der Waals surface area contributed by atoms with Gasteiger partial charge >= 0.3 is 0 Å². The predicted molar refractivity (Wildman–Crippen MR) is 92.5 cm³/mol. The first-order chi connectivity index (χ1) is 10.1. The molecule has 0 aliphatic carbocycles. The molecule has 0 spiro atoms. The molecule has 0 aliphatic rings. The molecule has 112 valence electrons. The van der Waals surface area contributed by atoms with Crippen LogP contribution in [0, 0.1) is 6.92 Å². The number of hydrogen-bond acceptors (Lipinski definition) is 1. The van der Waals surface area contributed by atoms with Crippen LogP contribution in [0.4, 0.5) is 0 Å². The zero-order valence-electron chi connectivity index (χ0n) is 12.5. The van der Waals surface area contributed by atoms with Crippen molar-refractivity contribution in [2.75, 3.05) is 7.05 Å². The Morgan fingerprint density at radius 2 is 1.81 bits per heavy atom. The monoisotopic (exact) mass is 321 g/mol. The molecular weight excluding hydrogens is 301 g/mol. The van der Waals surface area contributed by atoms with Crippen LogP contribution in [-0.2, 0) is 12.8 Å². The van der Waals surface area contributed by atoms with Gasteiger partial charge in [-0.3, -0.25) is 0 Å². The summed E-state index contributed by atoms with van der Waals surface area (Å²) in [5, 5.41) is 4.64. The SMILES string of the molecule is CNC(CCc1ccccc1C)Cc1ccc(Cl)c(Cl)c1. The van der Waals surface area contributed by atoms with Gasteiger partial charge in [-0.25, -0.2) is 0 Å². The van der Waals surface area contributed by atoms with E-state index in [-0.39, 0.29) is 0 Å². The molecule has 2 rings (SSSR count). The summed E-state index contributed by atoms with van der Waals surface area (Å²) in [4.78, 5) is 0. The highest BCUT2D eigenvalue weighted by Gasteiger charge is 2.09. The minimum absolute atomic E-state index is 0.432. The molecule has 1 nitrogen and oxygen atoms in total. The predicted octanol–water partition coefficient (Wildman–Crippen LogP) is 5.07. The molecule has 0 bridgehead atoms. The summed E-state index contributed by atoms with van der Waals surface area (Å²) in [5.41, 5.74) is 4.00. The Bertz CT molecular complexity index is 596. The van der Waals surface area contributed by atoms with Gasteiger partial charge in [0.1, 0.15) is 0 Å². The zero-order valence-corrected chi connectivity index (χ0v) is 14.0. The molecule has 1 atom stereocenters. The molecular formula is C18H21Cl2N. The second-order valence-electron chi connectivity index (χ2n) is 5.40. The van der Waals surface area contributed by atoms with Crippen molar-refractivity contribution in [3.8, 4) is 0 Å². The first-order valence-electron chi connectivity index (χ1n) is 7.26. The quantitative estimate of drug-likeness (QED) is 0.783. The van der Waals surface area contributed by atoms with Gasteiger partial charge in [-0.1, -0.05) is 53.5 Å². The Balaban J connectivity index is 1.97. The largest absolute Gasteiger partial charge is 0.317 e. The summed E-state index contributed by atoms with van der Waals surface area (Å²) in [7, 11) is 2.01. The molecule has 21 heavy (non-hydrogen) atoms. The number of aryl methyl sites for hydroxylation is 2.